The van der Waals surface area contributed by atoms with E-state index in [-0.39, 0.29) is 6.04 Å². The highest BCUT2D eigenvalue weighted by Gasteiger charge is 1.99. The fraction of sp³-hybridized carbons (Fsp3) is 0.0714. The maximum Gasteiger partial charge on any atom is 0.0627 e. The third-order valence-corrected chi connectivity index (χ3v) is 2.35. The number of aromatic nitrogens is 1. The molecule has 0 saturated carbocycles. The van der Waals surface area contributed by atoms with Crippen molar-refractivity contribution in [2.45, 2.75) is 6.04 Å². The SMILES string of the molecule is N[C@@H](C=Cc1ccccn1)c1ccccc1. The molecule has 0 unspecified atom stereocenters. The highest BCUT2D eigenvalue weighted by atomic mass is 14.7. The Morgan fingerprint density at radius 2 is 1.75 bits per heavy atom. The van der Waals surface area contributed by atoms with Gasteiger partial charge in [0.15, 0.2) is 0 Å². The molecule has 0 aliphatic rings. The molecule has 1 atom stereocenters. The molecule has 1 aromatic carbocycles. The van der Waals surface area contributed by atoms with E-state index in [1.165, 1.54) is 0 Å². The van der Waals surface area contributed by atoms with Crippen LogP contribution in [-0.2, 0) is 0 Å². The van der Waals surface area contributed by atoms with Gasteiger partial charge in [-0.1, -0.05) is 42.5 Å². The van der Waals surface area contributed by atoms with Gasteiger partial charge in [0.2, 0.25) is 0 Å². The predicted octanol–water partition coefficient (Wildman–Crippen LogP) is 2.79. The van der Waals surface area contributed by atoms with E-state index in [0.29, 0.717) is 0 Å². The predicted molar refractivity (Wildman–Crippen MR) is 66.6 cm³/mol. The molecular weight excluding hydrogens is 196 g/mol. The summed E-state index contributed by atoms with van der Waals surface area (Å²) in [6, 6.07) is 15.7. The molecule has 2 heteroatoms. The minimum absolute atomic E-state index is 0.0804. The maximum absolute atomic E-state index is 6.03. The fourth-order valence-corrected chi connectivity index (χ4v) is 1.46. The lowest BCUT2D eigenvalue weighted by molar-refractivity contribution is 0.915. The summed E-state index contributed by atoms with van der Waals surface area (Å²) in [5.74, 6) is 0. The molecule has 0 spiro atoms. The summed E-state index contributed by atoms with van der Waals surface area (Å²) in [4.78, 5) is 4.20. The van der Waals surface area contributed by atoms with Gasteiger partial charge in [-0.15, -0.1) is 0 Å². The number of benzene rings is 1. The minimum Gasteiger partial charge on any atom is -0.321 e. The van der Waals surface area contributed by atoms with E-state index in [2.05, 4.69) is 4.98 Å². The van der Waals surface area contributed by atoms with Gasteiger partial charge < -0.3 is 5.73 Å². The zero-order valence-electron chi connectivity index (χ0n) is 8.95. The Labute approximate surface area is 95.5 Å². The lowest BCUT2D eigenvalue weighted by Crippen LogP contribution is -2.06. The zero-order valence-corrected chi connectivity index (χ0v) is 8.95. The summed E-state index contributed by atoms with van der Waals surface area (Å²) in [5.41, 5.74) is 8.06. The van der Waals surface area contributed by atoms with Gasteiger partial charge in [-0.3, -0.25) is 4.98 Å². The van der Waals surface area contributed by atoms with E-state index in [1.807, 2.05) is 60.7 Å². The van der Waals surface area contributed by atoms with Crippen molar-refractivity contribution in [1.82, 2.24) is 4.98 Å². The molecule has 16 heavy (non-hydrogen) atoms. The Morgan fingerprint density at radius 3 is 2.44 bits per heavy atom. The summed E-state index contributed by atoms with van der Waals surface area (Å²) in [6.07, 6.45) is 5.67. The number of rotatable bonds is 3. The van der Waals surface area contributed by atoms with Crippen LogP contribution in [-0.4, -0.2) is 4.98 Å². The van der Waals surface area contributed by atoms with E-state index >= 15 is 0 Å². The van der Waals surface area contributed by atoms with Crippen LogP contribution in [0.3, 0.4) is 0 Å². The maximum atomic E-state index is 6.03. The minimum atomic E-state index is -0.0804. The summed E-state index contributed by atoms with van der Waals surface area (Å²) in [5, 5.41) is 0. The Bertz CT molecular complexity index is 449. The van der Waals surface area contributed by atoms with Gasteiger partial charge >= 0.3 is 0 Å². The van der Waals surface area contributed by atoms with E-state index in [1.54, 1.807) is 6.20 Å². The number of pyridine rings is 1. The van der Waals surface area contributed by atoms with Crippen molar-refractivity contribution >= 4 is 6.08 Å². The molecule has 0 radical (unpaired) electrons. The molecule has 1 heterocycles. The molecule has 2 aromatic rings. The largest absolute Gasteiger partial charge is 0.321 e. The molecule has 2 nitrogen and oxygen atoms in total. The van der Waals surface area contributed by atoms with Crippen LogP contribution < -0.4 is 5.73 Å². The van der Waals surface area contributed by atoms with Crippen LogP contribution in [0.5, 0.6) is 0 Å². The lowest BCUT2D eigenvalue weighted by Gasteiger charge is -2.05. The zero-order chi connectivity index (χ0) is 11.2. The molecule has 0 amide bonds. The number of nitrogens with zero attached hydrogens (tertiary/aromatic N) is 1. The van der Waals surface area contributed by atoms with Crippen LogP contribution in [0.25, 0.3) is 6.08 Å². The van der Waals surface area contributed by atoms with Crippen molar-refractivity contribution < 1.29 is 0 Å². The van der Waals surface area contributed by atoms with Gasteiger partial charge in [-0.2, -0.15) is 0 Å². The van der Waals surface area contributed by atoms with Crippen LogP contribution in [0.4, 0.5) is 0 Å². The smallest absolute Gasteiger partial charge is 0.0627 e. The first-order chi connectivity index (χ1) is 7.86. The Kier molecular flexibility index (Phi) is 3.46. The first-order valence-corrected chi connectivity index (χ1v) is 5.26. The summed E-state index contributed by atoms with van der Waals surface area (Å²) >= 11 is 0. The van der Waals surface area contributed by atoms with Crippen LogP contribution in [0.15, 0.2) is 60.8 Å². The molecule has 0 aliphatic heterocycles. The third-order valence-electron chi connectivity index (χ3n) is 2.35. The van der Waals surface area contributed by atoms with Gasteiger partial charge in [0, 0.05) is 12.2 Å². The first-order valence-electron chi connectivity index (χ1n) is 5.26. The van der Waals surface area contributed by atoms with Gasteiger partial charge in [-0.05, 0) is 23.8 Å². The highest BCUT2D eigenvalue weighted by Crippen LogP contribution is 2.11. The molecular formula is C14H14N2. The Balaban J connectivity index is 2.08. The molecule has 80 valence electrons. The molecule has 1 aromatic heterocycles. The van der Waals surface area contributed by atoms with Crippen molar-refractivity contribution in [3.05, 3.63) is 72.1 Å². The number of hydrogen-bond donors (Lipinski definition) is 1. The van der Waals surface area contributed by atoms with Crippen molar-refractivity contribution in [2.24, 2.45) is 5.73 Å². The normalized spacial score (nSPS) is 12.8. The van der Waals surface area contributed by atoms with Crippen molar-refractivity contribution in [3.8, 4) is 0 Å². The Hall–Kier alpha value is -1.93. The second-order valence-electron chi connectivity index (χ2n) is 3.55. The second-order valence-corrected chi connectivity index (χ2v) is 3.55. The first kappa shape index (κ1) is 10.6. The molecule has 0 saturated heterocycles. The molecule has 2 rings (SSSR count). The van der Waals surface area contributed by atoms with Gasteiger partial charge in [-0.25, -0.2) is 0 Å². The topological polar surface area (TPSA) is 38.9 Å². The quantitative estimate of drug-likeness (QED) is 0.846. The fourth-order valence-electron chi connectivity index (χ4n) is 1.46. The van der Waals surface area contributed by atoms with E-state index in [4.69, 9.17) is 5.73 Å². The van der Waals surface area contributed by atoms with Gasteiger partial charge in [0.05, 0.1) is 5.69 Å². The van der Waals surface area contributed by atoms with E-state index < -0.39 is 0 Å². The second kappa shape index (κ2) is 5.24. The average Bonchev–Trinajstić information content (AvgIpc) is 2.38. The Morgan fingerprint density at radius 1 is 1.00 bits per heavy atom. The standard InChI is InChI=1S/C14H14N2/c15-14(12-6-2-1-3-7-12)10-9-13-8-4-5-11-16-13/h1-11,14H,15H2/t14-/m0/s1. The highest BCUT2D eigenvalue weighted by molar-refractivity contribution is 5.46. The third kappa shape index (κ3) is 2.78. The van der Waals surface area contributed by atoms with Crippen molar-refractivity contribution in [3.63, 3.8) is 0 Å². The molecule has 0 bridgehead atoms. The van der Waals surface area contributed by atoms with Crippen LogP contribution in [0, 0.1) is 0 Å². The molecule has 0 aliphatic carbocycles. The van der Waals surface area contributed by atoms with Crippen LogP contribution in [0.2, 0.25) is 0 Å². The van der Waals surface area contributed by atoms with Crippen molar-refractivity contribution in [1.29, 1.82) is 0 Å². The van der Waals surface area contributed by atoms with Gasteiger partial charge in [0.25, 0.3) is 0 Å². The number of hydrogen-bond acceptors (Lipinski definition) is 2. The number of nitrogens with two attached hydrogens (primary N) is 1. The van der Waals surface area contributed by atoms with Crippen LogP contribution >= 0.6 is 0 Å². The van der Waals surface area contributed by atoms with Crippen molar-refractivity contribution in [2.75, 3.05) is 0 Å². The molecule has 0 fully saturated rings. The van der Waals surface area contributed by atoms with Crippen LogP contribution in [0.1, 0.15) is 17.3 Å². The van der Waals surface area contributed by atoms with E-state index in [0.717, 1.165) is 11.3 Å². The average molecular weight is 210 g/mol. The lowest BCUT2D eigenvalue weighted by atomic mass is 10.1. The summed E-state index contributed by atoms with van der Waals surface area (Å²) < 4.78 is 0. The van der Waals surface area contributed by atoms with Gasteiger partial charge in [0.1, 0.15) is 0 Å². The summed E-state index contributed by atoms with van der Waals surface area (Å²) in [7, 11) is 0. The van der Waals surface area contributed by atoms with E-state index in [9.17, 15) is 0 Å². The summed E-state index contributed by atoms with van der Waals surface area (Å²) in [6.45, 7) is 0. The monoisotopic (exact) mass is 210 g/mol. The molecule has 2 N–H and O–H groups in total.